The summed E-state index contributed by atoms with van der Waals surface area (Å²) in [6, 6.07) is 18.6. The Hall–Kier alpha value is -3.71. The van der Waals surface area contributed by atoms with Crippen molar-refractivity contribution >= 4 is 39.1 Å². The second-order valence-electron chi connectivity index (χ2n) is 6.05. The number of carboxylic acids is 1. The fraction of sp³-hybridized carbons (Fsp3) is 0. The maximum Gasteiger partial charge on any atom is 0.337 e. The maximum atomic E-state index is 12.7. The van der Waals surface area contributed by atoms with Crippen molar-refractivity contribution < 1.29 is 19.8 Å². The monoisotopic (exact) mass is 390 g/mol. The van der Waals surface area contributed by atoms with Crippen molar-refractivity contribution in [3.05, 3.63) is 77.3 Å². The number of fused-ring (bicyclic) bond motifs is 1. The minimum absolute atomic E-state index is 0.0167. The van der Waals surface area contributed by atoms with Crippen LogP contribution in [0.1, 0.15) is 20.2 Å². The van der Waals surface area contributed by atoms with E-state index in [0.29, 0.717) is 11.1 Å². The number of thiazole rings is 1. The van der Waals surface area contributed by atoms with Crippen molar-refractivity contribution in [2.24, 2.45) is 0 Å². The van der Waals surface area contributed by atoms with Crippen LogP contribution in [0, 0.1) is 0 Å². The number of nitrogens with one attached hydrogen (secondary N) is 1. The molecule has 0 aliphatic carbocycles. The number of amides is 1. The Morgan fingerprint density at radius 3 is 2.36 bits per heavy atom. The zero-order valence-electron chi connectivity index (χ0n) is 14.4. The Kier molecular flexibility index (Phi) is 4.50. The third kappa shape index (κ3) is 3.43. The minimum Gasteiger partial charge on any atom is -0.508 e. The van der Waals surface area contributed by atoms with Gasteiger partial charge in [0.15, 0.2) is 5.01 Å². The van der Waals surface area contributed by atoms with Crippen molar-refractivity contribution in [2.45, 2.75) is 0 Å². The van der Waals surface area contributed by atoms with Crippen molar-refractivity contribution in [2.75, 3.05) is 5.32 Å². The SMILES string of the molecule is O=C(Nc1cc(-c2ccc(O)cc2)ccc1C(=O)O)c1nc2ccccc2s1. The summed E-state index contributed by atoms with van der Waals surface area (Å²) < 4.78 is 0.879. The average Bonchev–Trinajstić information content (AvgIpc) is 3.13. The van der Waals surface area contributed by atoms with E-state index in [0.717, 1.165) is 10.3 Å². The molecule has 0 radical (unpaired) electrons. The van der Waals surface area contributed by atoms with Gasteiger partial charge in [0.1, 0.15) is 5.75 Å². The number of aromatic nitrogens is 1. The molecule has 6 nitrogen and oxygen atoms in total. The number of aromatic hydroxyl groups is 1. The van der Waals surface area contributed by atoms with E-state index in [1.165, 1.54) is 17.4 Å². The van der Waals surface area contributed by atoms with E-state index in [9.17, 15) is 19.8 Å². The predicted octanol–water partition coefficient (Wildman–Crippen LogP) is 4.62. The second kappa shape index (κ2) is 7.13. The Morgan fingerprint density at radius 2 is 1.64 bits per heavy atom. The smallest absolute Gasteiger partial charge is 0.337 e. The molecule has 4 aromatic rings. The van der Waals surface area contributed by atoms with E-state index in [1.807, 2.05) is 24.3 Å². The third-order valence-electron chi connectivity index (χ3n) is 4.19. The number of para-hydroxylation sites is 1. The number of anilines is 1. The zero-order chi connectivity index (χ0) is 19.7. The molecular formula is C21H14N2O4S. The van der Waals surface area contributed by atoms with Crippen LogP contribution in [0.2, 0.25) is 0 Å². The molecule has 0 saturated heterocycles. The van der Waals surface area contributed by atoms with Gasteiger partial charge in [0, 0.05) is 0 Å². The molecule has 1 amide bonds. The molecule has 138 valence electrons. The number of phenolic OH excluding ortho intramolecular Hbond substituents is 1. The van der Waals surface area contributed by atoms with Crippen LogP contribution in [0.4, 0.5) is 5.69 Å². The topological polar surface area (TPSA) is 99.5 Å². The highest BCUT2D eigenvalue weighted by molar-refractivity contribution is 7.20. The Balaban J connectivity index is 1.70. The molecule has 3 N–H and O–H groups in total. The molecule has 28 heavy (non-hydrogen) atoms. The number of rotatable bonds is 4. The maximum absolute atomic E-state index is 12.7. The van der Waals surface area contributed by atoms with Gasteiger partial charge in [-0.15, -0.1) is 11.3 Å². The quantitative estimate of drug-likeness (QED) is 0.472. The lowest BCUT2D eigenvalue weighted by atomic mass is 10.0. The summed E-state index contributed by atoms with van der Waals surface area (Å²) in [5.74, 6) is -1.47. The van der Waals surface area contributed by atoms with Gasteiger partial charge >= 0.3 is 5.97 Å². The number of benzene rings is 3. The van der Waals surface area contributed by atoms with E-state index in [-0.39, 0.29) is 22.0 Å². The molecule has 0 saturated carbocycles. The zero-order valence-corrected chi connectivity index (χ0v) is 15.2. The number of phenols is 1. The lowest BCUT2D eigenvalue weighted by molar-refractivity contribution is 0.0698. The van der Waals surface area contributed by atoms with Gasteiger partial charge in [-0.3, -0.25) is 4.79 Å². The number of hydrogen-bond acceptors (Lipinski definition) is 5. The van der Waals surface area contributed by atoms with Crippen molar-refractivity contribution in [1.29, 1.82) is 0 Å². The first-order chi connectivity index (χ1) is 13.5. The molecule has 0 fully saturated rings. The highest BCUT2D eigenvalue weighted by atomic mass is 32.1. The molecular weight excluding hydrogens is 376 g/mol. The standard InChI is InChI=1S/C21H14N2O4S/c24-14-8-5-12(6-9-14)13-7-10-15(21(26)27)17(11-13)22-19(25)20-23-16-3-1-2-4-18(16)28-20/h1-11,24H,(H,22,25)(H,26,27). The predicted molar refractivity (Wildman–Crippen MR) is 108 cm³/mol. The highest BCUT2D eigenvalue weighted by Crippen LogP contribution is 2.28. The summed E-state index contributed by atoms with van der Waals surface area (Å²) in [6.07, 6.45) is 0. The second-order valence-corrected chi connectivity index (χ2v) is 7.08. The third-order valence-corrected chi connectivity index (χ3v) is 5.22. The Labute approximate surface area is 163 Å². The van der Waals surface area contributed by atoms with Gasteiger partial charge < -0.3 is 15.5 Å². The van der Waals surface area contributed by atoms with Gasteiger partial charge in [-0.1, -0.05) is 30.3 Å². The van der Waals surface area contributed by atoms with Crippen LogP contribution in [0.3, 0.4) is 0 Å². The van der Waals surface area contributed by atoms with Gasteiger partial charge in [-0.2, -0.15) is 0 Å². The minimum atomic E-state index is -1.14. The van der Waals surface area contributed by atoms with Gasteiger partial charge in [-0.05, 0) is 47.5 Å². The van der Waals surface area contributed by atoms with Crippen LogP contribution in [0.15, 0.2) is 66.7 Å². The summed E-state index contributed by atoms with van der Waals surface area (Å²) in [5, 5.41) is 21.8. The molecule has 1 aromatic heterocycles. The summed E-state index contributed by atoms with van der Waals surface area (Å²) >= 11 is 1.24. The first-order valence-electron chi connectivity index (χ1n) is 8.35. The summed E-state index contributed by atoms with van der Waals surface area (Å²) in [4.78, 5) is 28.5. The highest BCUT2D eigenvalue weighted by Gasteiger charge is 2.17. The van der Waals surface area contributed by atoms with Gasteiger partial charge in [0.05, 0.1) is 21.5 Å². The molecule has 0 aliphatic rings. The molecule has 0 aliphatic heterocycles. The average molecular weight is 390 g/mol. The molecule has 7 heteroatoms. The fourth-order valence-electron chi connectivity index (χ4n) is 2.81. The summed E-state index contributed by atoms with van der Waals surface area (Å²) in [6.45, 7) is 0. The van der Waals surface area contributed by atoms with Crippen LogP contribution < -0.4 is 5.32 Å². The first-order valence-corrected chi connectivity index (χ1v) is 9.16. The molecule has 0 spiro atoms. The number of hydrogen-bond donors (Lipinski definition) is 3. The summed E-state index contributed by atoms with van der Waals surface area (Å²) in [5.41, 5.74) is 2.38. The molecule has 1 heterocycles. The van der Waals surface area contributed by atoms with Crippen molar-refractivity contribution in [3.63, 3.8) is 0 Å². The Morgan fingerprint density at radius 1 is 0.929 bits per heavy atom. The van der Waals surface area contributed by atoms with E-state index < -0.39 is 11.9 Å². The van der Waals surface area contributed by atoms with Gasteiger partial charge in [-0.25, -0.2) is 9.78 Å². The first kappa shape index (κ1) is 17.7. The normalized spacial score (nSPS) is 10.7. The van der Waals surface area contributed by atoms with Gasteiger partial charge in [0.25, 0.3) is 5.91 Å². The lowest BCUT2D eigenvalue weighted by Crippen LogP contribution is -2.14. The lowest BCUT2D eigenvalue weighted by Gasteiger charge is -2.10. The number of nitrogens with zero attached hydrogens (tertiary/aromatic N) is 1. The van der Waals surface area contributed by atoms with E-state index in [1.54, 1.807) is 36.4 Å². The van der Waals surface area contributed by atoms with Crippen LogP contribution in [-0.4, -0.2) is 27.1 Å². The van der Waals surface area contributed by atoms with Crippen LogP contribution in [0.5, 0.6) is 5.75 Å². The largest absolute Gasteiger partial charge is 0.508 e. The number of carbonyl (C=O) groups excluding carboxylic acids is 1. The van der Waals surface area contributed by atoms with Crippen LogP contribution in [0.25, 0.3) is 21.3 Å². The Bertz CT molecular complexity index is 1170. The molecule has 3 aromatic carbocycles. The fourth-order valence-corrected chi connectivity index (χ4v) is 3.67. The molecule has 0 unspecified atom stereocenters. The molecule has 4 rings (SSSR count). The van der Waals surface area contributed by atoms with Gasteiger partial charge in [0.2, 0.25) is 0 Å². The van der Waals surface area contributed by atoms with Crippen LogP contribution in [-0.2, 0) is 0 Å². The molecule has 0 bridgehead atoms. The van der Waals surface area contributed by atoms with Crippen molar-refractivity contribution in [1.82, 2.24) is 4.98 Å². The number of carboxylic acid groups (broad SMARTS) is 1. The van der Waals surface area contributed by atoms with E-state index >= 15 is 0 Å². The molecule has 0 atom stereocenters. The number of aromatic carboxylic acids is 1. The van der Waals surface area contributed by atoms with E-state index in [4.69, 9.17) is 0 Å². The number of carbonyl (C=O) groups is 2. The van der Waals surface area contributed by atoms with E-state index in [2.05, 4.69) is 10.3 Å². The summed E-state index contributed by atoms with van der Waals surface area (Å²) in [7, 11) is 0. The van der Waals surface area contributed by atoms with Crippen molar-refractivity contribution in [3.8, 4) is 16.9 Å². The van der Waals surface area contributed by atoms with Crippen LogP contribution >= 0.6 is 11.3 Å².